The summed E-state index contributed by atoms with van der Waals surface area (Å²) in [6, 6.07) is 3.97. The summed E-state index contributed by atoms with van der Waals surface area (Å²) in [5.74, 6) is 1.01. The van der Waals surface area contributed by atoms with Crippen LogP contribution in [0, 0.1) is 11.3 Å². The molecule has 4 rings (SSSR count). The summed E-state index contributed by atoms with van der Waals surface area (Å²) in [6.07, 6.45) is 8.70. The number of hydrogen-bond donors (Lipinski definition) is 1. The van der Waals surface area contributed by atoms with E-state index >= 15 is 0 Å². The Bertz CT molecular complexity index is 758. The fraction of sp³-hybridized carbons (Fsp3) is 0.600. The number of fused-ring (bicyclic) bond motifs is 3. The number of aliphatic hydroxyl groups excluding tert-OH is 1. The van der Waals surface area contributed by atoms with Gasteiger partial charge in [-0.15, -0.1) is 0 Å². The lowest BCUT2D eigenvalue weighted by Gasteiger charge is -2.37. The number of aliphatic hydroxyl groups is 1. The molecule has 1 N–H and O–H groups in total. The van der Waals surface area contributed by atoms with Crippen LogP contribution in [0.15, 0.2) is 24.7 Å². The first-order valence-electron chi connectivity index (χ1n) is 9.24. The molecule has 0 saturated heterocycles. The molecular weight excluding hydrogens is 314 g/mol. The van der Waals surface area contributed by atoms with Gasteiger partial charge in [0.05, 0.1) is 43.2 Å². The van der Waals surface area contributed by atoms with Gasteiger partial charge in [-0.3, -0.25) is 0 Å². The first-order chi connectivity index (χ1) is 12.0. The maximum absolute atomic E-state index is 10.9. The van der Waals surface area contributed by atoms with E-state index in [9.17, 15) is 5.11 Å². The highest BCUT2D eigenvalue weighted by Crippen LogP contribution is 2.44. The molecule has 5 heteroatoms. The second-order valence-corrected chi connectivity index (χ2v) is 8.29. The van der Waals surface area contributed by atoms with Crippen molar-refractivity contribution in [2.24, 2.45) is 11.3 Å². The molecule has 2 aromatic heterocycles. The predicted molar refractivity (Wildman–Crippen MR) is 96.5 cm³/mol. The highest BCUT2D eigenvalue weighted by molar-refractivity contribution is 5.67. The minimum atomic E-state index is -0.310. The monoisotopic (exact) mass is 341 g/mol. The normalized spacial score (nSPS) is 23.1. The van der Waals surface area contributed by atoms with Gasteiger partial charge in [-0.2, -0.15) is 0 Å². The topological polar surface area (TPSA) is 60.2 Å². The average Bonchev–Trinajstić information content (AvgIpc) is 3.17. The third-order valence-electron chi connectivity index (χ3n) is 6.09. The van der Waals surface area contributed by atoms with Crippen LogP contribution < -0.4 is 4.74 Å². The Hall–Kier alpha value is -1.88. The molecule has 134 valence electrons. The summed E-state index contributed by atoms with van der Waals surface area (Å²) in [5, 5.41) is 10.9. The van der Waals surface area contributed by atoms with Crippen molar-refractivity contribution in [3.63, 3.8) is 0 Å². The second-order valence-electron chi connectivity index (χ2n) is 8.29. The molecule has 0 radical (unpaired) electrons. The number of imidazole rings is 1. The molecule has 1 aliphatic heterocycles. The Balaban J connectivity index is 1.57. The molecule has 2 aromatic rings. The maximum Gasteiger partial charge on any atom is 0.213 e. The minimum absolute atomic E-state index is 0.0348. The molecule has 1 saturated carbocycles. The largest absolute Gasteiger partial charge is 0.481 e. The van der Waals surface area contributed by atoms with Crippen LogP contribution in [-0.2, 0) is 0 Å². The molecule has 2 aliphatic rings. The summed E-state index contributed by atoms with van der Waals surface area (Å²) < 4.78 is 7.45. The summed E-state index contributed by atoms with van der Waals surface area (Å²) in [5.41, 5.74) is 3.59. The molecule has 2 unspecified atom stereocenters. The second kappa shape index (κ2) is 6.13. The van der Waals surface area contributed by atoms with Crippen LogP contribution >= 0.6 is 0 Å². The molecule has 0 aromatic carbocycles. The van der Waals surface area contributed by atoms with Gasteiger partial charge in [0.2, 0.25) is 5.88 Å². The van der Waals surface area contributed by atoms with Crippen molar-refractivity contribution in [2.75, 3.05) is 7.11 Å². The van der Waals surface area contributed by atoms with Crippen molar-refractivity contribution in [1.29, 1.82) is 0 Å². The molecule has 1 aliphatic carbocycles. The Morgan fingerprint density at radius 2 is 2.08 bits per heavy atom. The standard InChI is InChI=1S/C20H27N3O2/c1-20(2)8-6-13(7-9-20)17(24)10-15-19-14(4-5-18(22-19)25-3)16-11-21-12-23(15)16/h4-5,11-13,15,17,24H,6-10H2,1-3H3. The fourth-order valence-electron chi connectivity index (χ4n) is 4.39. The van der Waals surface area contributed by atoms with Crippen LogP contribution in [0.3, 0.4) is 0 Å². The number of aromatic nitrogens is 3. The van der Waals surface area contributed by atoms with E-state index in [2.05, 4.69) is 28.4 Å². The van der Waals surface area contributed by atoms with Crippen molar-refractivity contribution in [2.45, 2.75) is 58.1 Å². The van der Waals surface area contributed by atoms with Crippen molar-refractivity contribution < 1.29 is 9.84 Å². The summed E-state index contributed by atoms with van der Waals surface area (Å²) in [6.45, 7) is 4.66. The highest BCUT2D eigenvalue weighted by atomic mass is 16.5. The van der Waals surface area contributed by atoms with Crippen LogP contribution in [0.1, 0.15) is 57.7 Å². The van der Waals surface area contributed by atoms with Gasteiger partial charge in [0.1, 0.15) is 0 Å². The molecular formula is C20H27N3O2. The molecule has 0 bridgehead atoms. The van der Waals surface area contributed by atoms with E-state index in [4.69, 9.17) is 4.74 Å². The van der Waals surface area contributed by atoms with Gasteiger partial charge < -0.3 is 14.4 Å². The van der Waals surface area contributed by atoms with E-state index in [1.54, 1.807) is 7.11 Å². The van der Waals surface area contributed by atoms with Gasteiger partial charge in [0.15, 0.2) is 0 Å². The number of pyridine rings is 1. The van der Waals surface area contributed by atoms with Crippen molar-refractivity contribution in [1.82, 2.24) is 14.5 Å². The SMILES string of the molecule is COc1ccc2c(n1)C(CC(O)C1CCC(C)(C)CC1)n1cncc1-2. The van der Waals surface area contributed by atoms with Gasteiger partial charge >= 0.3 is 0 Å². The van der Waals surface area contributed by atoms with Crippen LogP contribution in [0.2, 0.25) is 0 Å². The first kappa shape index (κ1) is 16.6. The average molecular weight is 341 g/mol. The number of nitrogens with zero attached hydrogens (tertiary/aromatic N) is 3. The molecule has 0 spiro atoms. The van der Waals surface area contributed by atoms with Gasteiger partial charge in [-0.1, -0.05) is 13.8 Å². The number of hydrogen-bond acceptors (Lipinski definition) is 4. The zero-order valence-corrected chi connectivity index (χ0v) is 15.3. The summed E-state index contributed by atoms with van der Waals surface area (Å²) >= 11 is 0. The number of methoxy groups -OCH3 is 1. The third-order valence-corrected chi connectivity index (χ3v) is 6.09. The maximum atomic E-state index is 10.9. The quantitative estimate of drug-likeness (QED) is 0.918. The highest BCUT2D eigenvalue weighted by Gasteiger charge is 2.36. The molecule has 5 nitrogen and oxygen atoms in total. The van der Waals surface area contributed by atoms with Crippen molar-refractivity contribution in [3.8, 4) is 17.1 Å². The molecule has 1 fully saturated rings. The minimum Gasteiger partial charge on any atom is -0.481 e. The lowest BCUT2D eigenvalue weighted by molar-refractivity contribution is 0.0447. The van der Waals surface area contributed by atoms with Crippen molar-refractivity contribution >= 4 is 0 Å². The first-order valence-corrected chi connectivity index (χ1v) is 9.24. The lowest BCUT2D eigenvalue weighted by atomic mass is 9.71. The fourth-order valence-corrected chi connectivity index (χ4v) is 4.39. The third kappa shape index (κ3) is 2.95. The smallest absolute Gasteiger partial charge is 0.213 e. The molecule has 3 heterocycles. The Morgan fingerprint density at radius 3 is 2.80 bits per heavy atom. The van der Waals surface area contributed by atoms with Crippen LogP contribution in [0.5, 0.6) is 5.88 Å². The van der Waals surface area contributed by atoms with E-state index in [1.807, 2.05) is 24.7 Å². The Morgan fingerprint density at radius 1 is 1.32 bits per heavy atom. The van der Waals surface area contributed by atoms with Gasteiger partial charge in [-0.25, -0.2) is 9.97 Å². The molecule has 2 atom stereocenters. The predicted octanol–water partition coefficient (Wildman–Crippen LogP) is 3.82. The van der Waals surface area contributed by atoms with E-state index in [-0.39, 0.29) is 12.1 Å². The summed E-state index contributed by atoms with van der Waals surface area (Å²) in [7, 11) is 1.64. The zero-order valence-electron chi connectivity index (χ0n) is 15.3. The number of rotatable bonds is 4. The molecule has 0 amide bonds. The van der Waals surface area contributed by atoms with Crippen molar-refractivity contribution in [3.05, 3.63) is 30.4 Å². The van der Waals surface area contributed by atoms with E-state index in [0.717, 1.165) is 29.8 Å². The van der Waals surface area contributed by atoms with Crippen LogP contribution in [0.4, 0.5) is 0 Å². The Labute approximate surface area is 149 Å². The zero-order chi connectivity index (χ0) is 17.6. The van der Waals surface area contributed by atoms with Gasteiger partial charge in [-0.05, 0) is 43.1 Å². The van der Waals surface area contributed by atoms with E-state index in [1.165, 1.54) is 12.8 Å². The summed E-state index contributed by atoms with van der Waals surface area (Å²) in [4.78, 5) is 8.98. The van der Waals surface area contributed by atoms with Gasteiger partial charge in [0, 0.05) is 18.1 Å². The lowest BCUT2D eigenvalue weighted by Crippen LogP contribution is -2.30. The van der Waals surface area contributed by atoms with E-state index in [0.29, 0.717) is 23.6 Å². The van der Waals surface area contributed by atoms with Crippen LogP contribution in [-0.4, -0.2) is 32.9 Å². The van der Waals surface area contributed by atoms with E-state index < -0.39 is 0 Å². The number of ether oxygens (including phenoxy) is 1. The van der Waals surface area contributed by atoms with Gasteiger partial charge in [0.25, 0.3) is 0 Å². The Kier molecular flexibility index (Phi) is 4.07. The van der Waals surface area contributed by atoms with Crippen LogP contribution in [0.25, 0.3) is 11.3 Å². The molecule has 25 heavy (non-hydrogen) atoms.